The summed E-state index contributed by atoms with van der Waals surface area (Å²) in [7, 11) is 0. The van der Waals surface area contributed by atoms with Crippen LogP contribution in [0, 0.1) is 0 Å². The van der Waals surface area contributed by atoms with Gasteiger partial charge in [-0.15, -0.1) is 36.7 Å². The molecule has 0 unspecified atom stereocenters. The van der Waals surface area contributed by atoms with E-state index in [1.54, 1.807) is 12.2 Å². The van der Waals surface area contributed by atoms with Crippen LogP contribution >= 0.6 is 23.5 Å². The van der Waals surface area contributed by atoms with Crippen molar-refractivity contribution in [3.8, 4) is 0 Å². The fourth-order valence-corrected chi connectivity index (χ4v) is 3.24. The standard InChI is InChI=1S/C11H20O3S2/c1-4-6-15-11(16-7-5-2)10(14)9(13)8(3)12/h4-5,8-14H,1-2,6-7H2,3H3/t8-,9-,10+/m0/s1. The van der Waals surface area contributed by atoms with Crippen molar-refractivity contribution in [3.63, 3.8) is 0 Å². The number of hydrogen-bond acceptors (Lipinski definition) is 5. The van der Waals surface area contributed by atoms with Gasteiger partial charge >= 0.3 is 0 Å². The highest BCUT2D eigenvalue weighted by Gasteiger charge is 2.29. The maximum atomic E-state index is 9.88. The van der Waals surface area contributed by atoms with E-state index in [-0.39, 0.29) is 4.58 Å². The average molecular weight is 264 g/mol. The van der Waals surface area contributed by atoms with Crippen molar-refractivity contribution in [2.75, 3.05) is 11.5 Å². The third-order valence-electron chi connectivity index (χ3n) is 1.88. The Bertz CT molecular complexity index is 197. The minimum absolute atomic E-state index is 0.194. The normalized spacial score (nSPS) is 16.8. The van der Waals surface area contributed by atoms with E-state index in [9.17, 15) is 15.3 Å². The SMILES string of the molecule is C=CCSC(SCC=C)[C@H](O)[C@@H](O)[C@H](C)O. The van der Waals surface area contributed by atoms with E-state index in [1.807, 2.05) is 0 Å². The topological polar surface area (TPSA) is 60.7 Å². The molecule has 0 amide bonds. The van der Waals surface area contributed by atoms with Crippen molar-refractivity contribution in [1.29, 1.82) is 0 Å². The summed E-state index contributed by atoms with van der Waals surface area (Å²) < 4.78 is -0.194. The van der Waals surface area contributed by atoms with E-state index >= 15 is 0 Å². The Morgan fingerprint density at radius 2 is 1.44 bits per heavy atom. The Labute approximate surface area is 106 Å². The molecule has 0 aliphatic rings. The molecule has 0 heterocycles. The van der Waals surface area contributed by atoms with Gasteiger partial charge in [0.05, 0.1) is 10.7 Å². The summed E-state index contributed by atoms with van der Waals surface area (Å²) in [5.74, 6) is 1.39. The molecule has 16 heavy (non-hydrogen) atoms. The zero-order valence-electron chi connectivity index (χ0n) is 9.45. The van der Waals surface area contributed by atoms with E-state index in [0.717, 1.165) is 0 Å². The van der Waals surface area contributed by atoms with Crippen LogP contribution < -0.4 is 0 Å². The summed E-state index contributed by atoms with van der Waals surface area (Å²) in [6.45, 7) is 8.68. The molecule has 94 valence electrons. The molecule has 0 spiro atoms. The predicted molar refractivity (Wildman–Crippen MR) is 72.8 cm³/mol. The highest BCUT2D eigenvalue weighted by atomic mass is 32.2. The minimum Gasteiger partial charge on any atom is -0.391 e. The molecule has 0 saturated carbocycles. The number of aliphatic hydroxyl groups is 3. The summed E-state index contributed by atoms with van der Waals surface area (Å²) in [6, 6.07) is 0. The number of thioether (sulfide) groups is 2. The summed E-state index contributed by atoms with van der Waals surface area (Å²) in [5.41, 5.74) is 0. The van der Waals surface area contributed by atoms with Crippen LogP contribution in [0.1, 0.15) is 6.92 Å². The van der Waals surface area contributed by atoms with Gasteiger partial charge in [-0.05, 0) is 6.92 Å². The minimum atomic E-state index is -1.13. The van der Waals surface area contributed by atoms with Gasteiger partial charge in [0.2, 0.25) is 0 Å². The second-order valence-corrected chi connectivity index (χ2v) is 5.98. The van der Waals surface area contributed by atoms with E-state index in [0.29, 0.717) is 11.5 Å². The van der Waals surface area contributed by atoms with Gasteiger partial charge in [-0.25, -0.2) is 0 Å². The molecular weight excluding hydrogens is 244 g/mol. The summed E-state index contributed by atoms with van der Waals surface area (Å²) in [5, 5.41) is 28.7. The second kappa shape index (κ2) is 9.13. The van der Waals surface area contributed by atoms with E-state index in [4.69, 9.17) is 0 Å². The average Bonchev–Trinajstić information content (AvgIpc) is 2.27. The van der Waals surface area contributed by atoms with Gasteiger partial charge in [-0.3, -0.25) is 0 Å². The molecule has 0 aromatic carbocycles. The lowest BCUT2D eigenvalue weighted by Gasteiger charge is -2.27. The van der Waals surface area contributed by atoms with Gasteiger partial charge < -0.3 is 15.3 Å². The van der Waals surface area contributed by atoms with Crippen molar-refractivity contribution < 1.29 is 15.3 Å². The maximum absolute atomic E-state index is 9.88. The molecule has 0 aliphatic carbocycles. The Hall–Kier alpha value is 0.0600. The molecule has 0 fully saturated rings. The molecule has 0 aromatic rings. The van der Waals surface area contributed by atoms with Crippen LogP contribution in [0.3, 0.4) is 0 Å². The van der Waals surface area contributed by atoms with Crippen molar-refractivity contribution in [1.82, 2.24) is 0 Å². The quantitative estimate of drug-likeness (QED) is 0.432. The first-order chi connectivity index (χ1) is 7.54. The molecule has 0 aliphatic heterocycles. The lowest BCUT2D eigenvalue weighted by Crippen LogP contribution is -2.41. The molecule has 0 rings (SSSR count). The van der Waals surface area contributed by atoms with Gasteiger partial charge in [0, 0.05) is 11.5 Å². The number of hydrogen-bond donors (Lipinski definition) is 3. The molecule has 3 nitrogen and oxygen atoms in total. The lowest BCUT2D eigenvalue weighted by molar-refractivity contribution is -0.0447. The van der Waals surface area contributed by atoms with Crippen molar-refractivity contribution in [2.24, 2.45) is 0 Å². The molecule has 3 N–H and O–H groups in total. The molecule has 3 atom stereocenters. The molecule has 0 radical (unpaired) electrons. The number of rotatable bonds is 9. The van der Waals surface area contributed by atoms with Crippen molar-refractivity contribution >= 4 is 23.5 Å². The molecule has 0 aromatic heterocycles. The fourth-order valence-electron chi connectivity index (χ4n) is 1.02. The van der Waals surface area contributed by atoms with Gasteiger partial charge in [-0.1, -0.05) is 12.2 Å². The predicted octanol–water partition coefficient (Wildman–Crippen LogP) is 1.25. The monoisotopic (exact) mass is 264 g/mol. The van der Waals surface area contributed by atoms with Crippen LogP contribution in [0.5, 0.6) is 0 Å². The highest BCUT2D eigenvalue weighted by molar-refractivity contribution is 8.17. The van der Waals surface area contributed by atoms with Crippen molar-refractivity contribution in [2.45, 2.75) is 29.8 Å². The van der Waals surface area contributed by atoms with Crippen LogP contribution in [0.15, 0.2) is 25.3 Å². The largest absolute Gasteiger partial charge is 0.391 e. The maximum Gasteiger partial charge on any atom is 0.107 e. The lowest BCUT2D eigenvalue weighted by atomic mass is 10.1. The fraction of sp³-hybridized carbons (Fsp3) is 0.636. The van der Waals surface area contributed by atoms with Crippen LogP contribution in [0.2, 0.25) is 0 Å². The zero-order chi connectivity index (χ0) is 12.6. The van der Waals surface area contributed by atoms with E-state index in [2.05, 4.69) is 13.2 Å². The van der Waals surface area contributed by atoms with Gasteiger partial charge in [0.15, 0.2) is 0 Å². The second-order valence-electron chi connectivity index (χ2n) is 3.33. The third kappa shape index (κ3) is 5.96. The van der Waals surface area contributed by atoms with Gasteiger partial charge in [0.1, 0.15) is 12.2 Å². The van der Waals surface area contributed by atoms with Crippen LogP contribution in [0.4, 0.5) is 0 Å². The van der Waals surface area contributed by atoms with Crippen LogP contribution in [-0.2, 0) is 0 Å². The zero-order valence-corrected chi connectivity index (χ0v) is 11.1. The molecule has 0 bridgehead atoms. The summed E-state index contributed by atoms with van der Waals surface area (Å²) >= 11 is 2.98. The van der Waals surface area contributed by atoms with Crippen LogP contribution in [-0.4, -0.2) is 49.7 Å². The summed E-state index contributed by atoms with van der Waals surface area (Å²) in [4.78, 5) is 0. The van der Waals surface area contributed by atoms with Crippen LogP contribution in [0.25, 0.3) is 0 Å². The molecule has 0 saturated heterocycles. The molecule has 5 heteroatoms. The Morgan fingerprint density at radius 1 is 1.00 bits per heavy atom. The Kier molecular flexibility index (Phi) is 9.16. The first-order valence-electron chi connectivity index (χ1n) is 5.03. The number of aliphatic hydroxyl groups excluding tert-OH is 3. The Balaban J connectivity index is 4.33. The van der Waals surface area contributed by atoms with E-state index in [1.165, 1.54) is 30.4 Å². The first kappa shape index (κ1) is 16.1. The third-order valence-corrected chi connectivity index (χ3v) is 4.77. The van der Waals surface area contributed by atoms with Gasteiger partial charge in [-0.2, -0.15) is 0 Å². The summed E-state index contributed by atoms with van der Waals surface area (Å²) in [6.07, 6.45) is 0.460. The van der Waals surface area contributed by atoms with Crippen molar-refractivity contribution in [3.05, 3.63) is 25.3 Å². The molecular formula is C11H20O3S2. The highest BCUT2D eigenvalue weighted by Crippen LogP contribution is 2.29. The van der Waals surface area contributed by atoms with E-state index < -0.39 is 18.3 Å². The smallest absolute Gasteiger partial charge is 0.107 e. The van der Waals surface area contributed by atoms with Gasteiger partial charge in [0.25, 0.3) is 0 Å². The first-order valence-corrected chi connectivity index (χ1v) is 7.13. The Morgan fingerprint density at radius 3 is 1.75 bits per heavy atom.